The van der Waals surface area contributed by atoms with Crippen LogP contribution in [0.5, 0.6) is 0 Å². The highest BCUT2D eigenvalue weighted by atomic mass is 19.1. The maximum atomic E-state index is 16.1. The molecule has 5 rings (SSSR count). The highest BCUT2D eigenvalue weighted by Crippen LogP contribution is 2.46. The lowest BCUT2D eigenvalue weighted by molar-refractivity contribution is 0.0963. The Morgan fingerprint density at radius 3 is 1.74 bits per heavy atom. The fourth-order valence-corrected chi connectivity index (χ4v) is 4.83. The molecular formula is C29H24FNO3. The van der Waals surface area contributed by atoms with Gasteiger partial charge in [-0.05, 0) is 28.8 Å². The third-order valence-corrected chi connectivity index (χ3v) is 6.37. The van der Waals surface area contributed by atoms with Crippen molar-refractivity contribution < 1.29 is 19.0 Å². The van der Waals surface area contributed by atoms with E-state index in [0.717, 1.165) is 16.7 Å². The molecule has 0 aliphatic carbocycles. The zero-order valence-corrected chi connectivity index (χ0v) is 18.5. The molecule has 34 heavy (non-hydrogen) atoms. The Morgan fingerprint density at radius 2 is 1.32 bits per heavy atom. The largest absolute Gasteiger partial charge is 0.441 e. The quantitative estimate of drug-likeness (QED) is 0.391. The summed E-state index contributed by atoms with van der Waals surface area (Å²) in [5.74, 6) is -0.436. The topological polar surface area (TPSA) is 49.8 Å². The lowest BCUT2D eigenvalue weighted by Crippen LogP contribution is -2.32. The van der Waals surface area contributed by atoms with Gasteiger partial charge in [-0.1, -0.05) is 97.1 Å². The summed E-state index contributed by atoms with van der Waals surface area (Å²) in [7, 11) is 0. The van der Waals surface area contributed by atoms with Crippen molar-refractivity contribution in [2.45, 2.75) is 11.5 Å². The Balaban J connectivity index is 1.74. The fraction of sp³-hybridized carbons (Fsp3) is 0.138. The smallest absolute Gasteiger partial charge is 0.414 e. The van der Waals surface area contributed by atoms with E-state index >= 15 is 4.39 Å². The highest BCUT2D eigenvalue weighted by molar-refractivity contribution is 5.89. The Hall–Kier alpha value is -3.96. The lowest BCUT2D eigenvalue weighted by atomic mass is 9.65. The van der Waals surface area contributed by atoms with Crippen LogP contribution in [0.25, 0.3) is 0 Å². The molecule has 1 fully saturated rings. The first-order chi connectivity index (χ1) is 16.6. The van der Waals surface area contributed by atoms with E-state index in [2.05, 4.69) is 0 Å². The van der Waals surface area contributed by atoms with Gasteiger partial charge >= 0.3 is 6.09 Å². The molecule has 1 amide bonds. The first kappa shape index (κ1) is 21.9. The van der Waals surface area contributed by atoms with Crippen molar-refractivity contribution in [3.8, 4) is 0 Å². The number of aliphatic hydroxyl groups excluding tert-OH is 1. The monoisotopic (exact) mass is 453 g/mol. The summed E-state index contributed by atoms with van der Waals surface area (Å²) in [6, 6.07) is 34.5. The van der Waals surface area contributed by atoms with Gasteiger partial charge in [0, 0.05) is 5.56 Å². The predicted octanol–water partition coefficient (Wildman–Crippen LogP) is 5.53. The van der Waals surface area contributed by atoms with Gasteiger partial charge in [0.05, 0.1) is 24.3 Å². The van der Waals surface area contributed by atoms with Gasteiger partial charge in [-0.3, -0.25) is 4.90 Å². The van der Waals surface area contributed by atoms with Crippen LogP contribution in [-0.2, 0) is 10.2 Å². The van der Waals surface area contributed by atoms with E-state index in [9.17, 15) is 9.90 Å². The van der Waals surface area contributed by atoms with Crippen LogP contribution in [0.3, 0.4) is 0 Å². The molecular weight excluding hydrogens is 429 g/mol. The summed E-state index contributed by atoms with van der Waals surface area (Å²) >= 11 is 0. The number of benzene rings is 4. The summed E-state index contributed by atoms with van der Waals surface area (Å²) in [5, 5.41) is 9.35. The van der Waals surface area contributed by atoms with Gasteiger partial charge < -0.3 is 9.84 Å². The maximum Gasteiger partial charge on any atom is 0.414 e. The van der Waals surface area contributed by atoms with Crippen LogP contribution in [0.2, 0.25) is 0 Å². The van der Waals surface area contributed by atoms with Gasteiger partial charge in [0.15, 0.2) is 0 Å². The molecule has 0 aromatic heterocycles. The average Bonchev–Trinajstić information content (AvgIpc) is 3.28. The molecule has 0 saturated carbocycles. The second kappa shape index (κ2) is 9.12. The first-order valence-electron chi connectivity index (χ1n) is 11.2. The molecule has 4 aromatic rings. The molecule has 1 heterocycles. The Kier molecular flexibility index (Phi) is 5.86. The molecule has 1 aliphatic heterocycles. The molecule has 1 aliphatic rings. The van der Waals surface area contributed by atoms with Crippen LogP contribution < -0.4 is 4.90 Å². The lowest BCUT2D eigenvalue weighted by Gasteiger charge is -2.37. The molecule has 1 saturated heterocycles. The van der Waals surface area contributed by atoms with Gasteiger partial charge in [-0.25, -0.2) is 9.18 Å². The van der Waals surface area contributed by atoms with E-state index < -0.39 is 23.4 Å². The van der Waals surface area contributed by atoms with Crippen LogP contribution >= 0.6 is 0 Å². The number of hydrogen-bond acceptors (Lipinski definition) is 3. The summed E-state index contributed by atoms with van der Waals surface area (Å²) in [4.78, 5) is 13.6. The standard InChI is InChI=1S/C29H24FNO3/c30-27-18-24(31-19-25(20-32)34-28(31)33)16-17-26(27)29(21-10-4-1-5-11-21,22-12-6-2-7-13-22)23-14-8-3-9-15-23/h1-18,25,32H,19-20H2/t25-/m1/s1. The third-order valence-electron chi connectivity index (χ3n) is 6.37. The van der Waals surface area contributed by atoms with Crippen molar-refractivity contribution in [2.75, 3.05) is 18.1 Å². The minimum atomic E-state index is -0.911. The van der Waals surface area contributed by atoms with Crippen LogP contribution in [0, 0.1) is 5.82 Å². The number of ether oxygens (including phenoxy) is 1. The van der Waals surface area contributed by atoms with Crippen molar-refractivity contribution in [3.63, 3.8) is 0 Å². The van der Waals surface area contributed by atoms with E-state index in [4.69, 9.17) is 4.74 Å². The van der Waals surface area contributed by atoms with E-state index in [0.29, 0.717) is 11.3 Å². The van der Waals surface area contributed by atoms with Crippen molar-refractivity contribution >= 4 is 11.8 Å². The van der Waals surface area contributed by atoms with Crippen molar-refractivity contribution in [3.05, 3.63) is 137 Å². The summed E-state index contributed by atoms with van der Waals surface area (Å²) in [6.45, 7) is -0.0999. The SMILES string of the molecule is O=C1O[C@@H](CO)CN1c1ccc(C(c2ccccc2)(c2ccccc2)c2ccccc2)c(F)c1. The molecule has 0 spiro atoms. The van der Waals surface area contributed by atoms with Crippen LogP contribution in [0.1, 0.15) is 22.3 Å². The van der Waals surface area contributed by atoms with Crippen LogP contribution in [0.4, 0.5) is 14.9 Å². The molecule has 4 aromatic carbocycles. The Morgan fingerprint density at radius 1 is 0.824 bits per heavy atom. The van der Waals surface area contributed by atoms with Gasteiger partial charge in [-0.15, -0.1) is 0 Å². The number of rotatable bonds is 6. The summed E-state index contributed by atoms with van der Waals surface area (Å²) < 4.78 is 21.3. The highest BCUT2D eigenvalue weighted by Gasteiger charge is 2.41. The van der Waals surface area contributed by atoms with Gasteiger partial charge in [0.2, 0.25) is 0 Å². The molecule has 1 N–H and O–H groups in total. The molecule has 0 bridgehead atoms. The summed E-state index contributed by atoms with van der Waals surface area (Å²) in [5.41, 5.74) is 2.75. The zero-order chi connectivity index (χ0) is 23.5. The Bertz CT molecular complexity index is 1180. The Labute approximate surface area is 197 Å². The number of carbonyl (C=O) groups is 1. The number of halogens is 1. The second-order valence-electron chi connectivity index (χ2n) is 8.31. The van der Waals surface area contributed by atoms with Crippen LogP contribution in [0.15, 0.2) is 109 Å². The number of anilines is 1. The number of hydrogen-bond donors (Lipinski definition) is 1. The summed E-state index contributed by atoms with van der Waals surface area (Å²) in [6.07, 6.45) is -1.21. The normalized spacial score (nSPS) is 15.9. The van der Waals surface area contributed by atoms with Gasteiger partial charge in [0.1, 0.15) is 11.9 Å². The molecule has 170 valence electrons. The zero-order valence-electron chi connectivity index (χ0n) is 18.5. The number of aliphatic hydroxyl groups is 1. The van der Waals surface area contributed by atoms with E-state index in [1.807, 2.05) is 91.0 Å². The minimum Gasteiger partial charge on any atom is -0.441 e. The number of amides is 1. The van der Waals surface area contributed by atoms with Crippen molar-refractivity contribution in [2.24, 2.45) is 0 Å². The molecule has 0 radical (unpaired) electrons. The maximum absolute atomic E-state index is 16.1. The van der Waals surface area contributed by atoms with Gasteiger partial charge in [-0.2, -0.15) is 0 Å². The van der Waals surface area contributed by atoms with E-state index in [1.165, 1.54) is 11.0 Å². The molecule has 5 heteroatoms. The molecule has 1 atom stereocenters. The number of cyclic esters (lactones) is 1. The van der Waals surface area contributed by atoms with E-state index in [-0.39, 0.29) is 13.2 Å². The van der Waals surface area contributed by atoms with Crippen LogP contribution in [-0.4, -0.2) is 30.5 Å². The third kappa shape index (κ3) is 3.64. The fourth-order valence-electron chi connectivity index (χ4n) is 4.83. The second-order valence-corrected chi connectivity index (χ2v) is 8.31. The average molecular weight is 454 g/mol. The number of nitrogens with zero attached hydrogens (tertiary/aromatic N) is 1. The van der Waals surface area contributed by atoms with Crippen molar-refractivity contribution in [1.29, 1.82) is 0 Å². The molecule has 0 unspecified atom stereocenters. The van der Waals surface area contributed by atoms with Crippen molar-refractivity contribution in [1.82, 2.24) is 0 Å². The minimum absolute atomic E-state index is 0.176. The van der Waals surface area contributed by atoms with Gasteiger partial charge in [0.25, 0.3) is 0 Å². The molecule has 4 nitrogen and oxygen atoms in total. The predicted molar refractivity (Wildman–Crippen MR) is 129 cm³/mol. The van der Waals surface area contributed by atoms with E-state index in [1.54, 1.807) is 12.1 Å². The first-order valence-corrected chi connectivity index (χ1v) is 11.2. The number of carbonyl (C=O) groups excluding carboxylic acids is 1.